The molecular weight excluding hydrogens is 212 g/mol. The fourth-order valence-corrected chi connectivity index (χ4v) is 3.72. The Bertz CT molecular complexity index is 275. The lowest BCUT2D eigenvalue weighted by atomic mass is 9.93. The highest BCUT2D eigenvalue weighted by Crippen LogP contribution is 2.41. The van der Waals surface area contributed by atoms with Crippen LogP contribution in [0.25, 0.3) is 0 Å². The lowest BCUT2D eigenvalue weighted by molar-refractivity contribution is -0.0790. The largest absolute Gasteiger partial charge is 0.368 e. The Kier molecular flexibility index (Phi) is 3.54. The number of ether oxygens (including phenoxy) is 1. The zero-order valence-corrected chi connectivity index (χ0v) is 11.8. The number of rotatable bonds is 3. The Balaban J connectivity index is 1.99. The summed E-state index contributed by atoms with van der Waals surface area (Å²) in [4.78, 5) is 2.63. The van der Waals surface area contributed by atoms with Gasteiger partial charge in [0.15, 0.2) is 0 Å². The van der Waals surface area contributed by atoms with E-state index in [1.165, 1.54) is 25.9 Å². The van der Waals surface area contributed by atoms with Crippen molar-refractivity contribution in [2.75, 3.05) is 19.6 Å². The van der Waals surface area contributed by atoms with Crippen LogP contribution in [0.4, 0.5) is 0 Å². The van der Waals surface area contributed by atoms with E-state index in [0.29, 0.717) is 6.04 Å². The molecule has 3 nitrogen and oxygen atoms in total. The predicted octanol–water partition coefficient (Wildman–Crippen LogP) is 2.00. The second-order valence-electron chi connectivity index (χ2n) is 6.91. The maximum Gasteiger partial charge on any atom is 0.0789 e. The second-order valence-corrected chi connectivity index (χ2v) is 6.91. The van der Waals surface area contributed by atoms with Crippen LogP contribution in [0.3, 0.4) is 0 Å². The molecule has 2 rings (SSSR count). The van der Waals surface area contributed by atoms with Crippen molar-refractivity contribution in [2.24, 2.45) is 11.7 Å². The molecular formula is C14H28N2O. The zero-order valence-electron chi connectivity index (χ0n) is 11.8. The normalized spacial score (nSPS) is 36.5. The molecule has 0 saturated carbocycles. The van der Waals surface area contributed by atoms with E-state index in [1.54, 1.807) is 0 Å². The molecule has 100 valence electrons. The Morgan fingerprint density at radius 1 is 1.29 bits per heavy atom. The lowest BCUT2D eigenvalue weighted by Crippen LogP contribution is -2.45. The molecule has 2 aliphatic heterocycles. The average molecular weight is 240 g/mol. The first-order chi connectivity index (χ1) is 7.84. The summed E-state index contributed by atoms with van der Waals surface area (Å²) >= 11 is 0. The highest BCUT2D eigenvalue weighted by molar-refractivity contribution is 5.01. The van der Waals surface area contributed by atoms with Crippen molar-refractivity contribution >= 4 is 0 Å². The third kappa shape index (κ3) is 2.83. The van der Waals surface area contributed by atoms with Crippen molar-refractivity contribution in [3.63, 3.8) is 0 Å². The highest BCUT2D eigenvalue weighted by Gasteiger charge is 2.49. The number of likely N-dealkylation sites (tertiary alicyclic amines) is 1. The summed E-state index contributed by atoms with van der Waals surface area (Å²) in [5.41, 5.74) is 5.68. The highest BCUT2D eigenvalue weighted by atomic mass is 16.5. The van der Waals surface area contributed by atoms with Crippen LogP contribution in [0.5, 0.6) is 0 Å². The molecule has 0 amide bonds. The summed E-state index contributed by atoms with van der Waals surface area (Å²) in [6.45, 7) is 12.2. The van der Waals surface area contributed by atoms with Crippen molar-refractivity contribution in [1.82, 2.24) is 4.90 Å². The Hall–Kier alpha value is -0.120. The molecule has 0 spiro atoms. The topological polar surface area (TPSA) is 38.5 Å². The quantitative estimate of drug-likeness (QED) is 0.820. The fourth-order valence-electron chi connectivity index (χ4n) is 3.72. The third-order valence-corrected chi connectivity index (χ3v) is 4.36. The molecule has 2 aliphatic rings. The van der Waals surface area contributed by atoms with Gasteiger partial charge in [-0.2, -0.15) is 0 Å². The summed E-state index contributed by atoms with van der Waals surface area (Å²) in [5.74, 6) is 0.805. The van der Waals surface area contributed by atoms with Gasteiger partial charge in [0.2, 0.25) is 0 Å². The molecule has 2 saturated heterocycles. The molecule has 2 fully saturated rings. The van der Waals surface area contributed by atoms with Crippen LogP contribution in [-0.2, 0) is 4.74 Å². The lowest BCUT2D eigenvalue weighted by Gasteiger charge is -2.33. The number of nitrogens with two attached hydrogens (primary N) is 1. The first-order valence-corrected chi connectivity index (χ1v) is 6.98. The monoisotopic (exact) mass is 240 g/mol. The third-order valence-electron chi connectivity index (χ3n) is 4.36. The van der Waals surface area contributed by atoms with E-state index >= 15 is 0 Å². The van der Waals surface area contributed by atoms with Gasteiger partial charge < -0.3 is 10.5 Å². The van der Waals surface area contributed by atoms with Gasteiger partial charge >= 0.3 is 0 Å². The number of hydrogen-bond acceptors (Lipinski definition) is 3. The molecule has 0 bridgehead atoms. The smallest absolute Gasteiger partial charge is 0.0789 e. The van der Waals surface area contributed by atoms with E-state index in [4.69, 9.17) is 10.5 Å². The van der Waals surface area contributed by atoms with Gasteiger partial charge in [-0.1, -0.05) is 0 Å². The van der Waals surface area contributed by atoms with Crippen molar-refractivity contribution in [2.45, 2.75) is 64.2 Å². The van der Waals surface area contributed by atoms with Crippen molar-refractivity contribution in [3.05, 3.63) is 0 Å². The van der Waals surface area contributed by atoms with Gasteiger partial charge in [-0.3, -0.25) is 4.90 Å². The summed E-state index contributed by atoms with van der Waals surface area (Å²) in [6.07, 6.45) is 3.63. The molecule has 0 radical (unpaired) electrons. The van der Waals surface area contributed by atoms with Gasteiger partial charge in [-0.15, -0.1) is 0 Å². The first-order valence-electron chi connectivity index (χ1n) is 6.98. The van der Waals surface area contributed by atoms with Gasteiger partial charge in [-0.05, 0) is 66.0 Å². The Morgan fingerprint density at radius 2 is 2.00 bits per heavy atom. The minimum Gasteiger partial charge on any atom is -0.368 e. The van der Waals surface area contributed by atoms with Crippen LogP contribution in [0.1, 0.15) is 47.0 Å². The van der Waals surface area contributed by atoms with E-state index in [9.17, 15) is 0 Å². The van der Waals surface area contributed by atoms with Crippen LogP contribution < -0.4 is 5.73 Å². The molecule has 0 aromatic heterocycles. The van der Waals surface area contributed by atoms with Gasteiger partial charge in [0.25, 0.3) is 0 Å². The molecule has 0 aliphatic carbocycles. The van der Waals surface area contributed by atoms with Crippen LogP contribution in [0.15, 0.2) is 0 Å². The maximum absolute atomic E-state index is 6.19. The molecule has 2 N–H and O–H groups in total. The van der Waals surface area contributed by atoms with Gasteiger partial charge in [0.1, 0.15) is 0 Å². The molecule has 17 heavy (non-hydrogen) atoms. The van der Waals surface area contributed by atoms with Crippen LogP contribution in [0, 0.1) is 5.92 Å². The zero-order chi connectivity index (χ0) is 12.7. The Labute approximate surface area is 106 Å². The van der Waals surface area contributed by atoms with Crippen molar-refractivity contribution < 1.29 is 4.74 Å². The number of hydrogen-bond donors (Lipinski definition) is 1. The van der Waals surface area contributed by atoms with E-state index in [2.05, 4.69) is 32.6 Å². The SMILES string of the molecule is CC1(C)CC(N2CCC(CCN)C2)C(C)(C)O1. The minimum absolute atomic E-state index is 0.0128. The first kappa shape index (κ1) is 13.3. The van der Waals surface area contributed by atoms with Crippen LogP contribution in [0.2, 0.25) is 0 Å². The molecule has 0 aromatic rings. The molecule has 2 heterocycles. The molecule has 3 heteroatoms. The maximum atomic E-state index is 6.19. The standard InChI is InChI=1S/C14H28N2O/c1-13(2)9-12(14(3,4)17-13)16-8-6-11(10-16)5-7-15/h11-12H,5-10,15H2,1-4H3. The van der Waals surface area contributed by atoms with Crippen LogP contribution in [-0.4, -0.2) is 41.8 Å². The molecule has 2 unspecified atom stereocenters. The Morgan fingerprint density at radius 3 is 2.53 bits per heavy atom. The summed E-state index contributed by atoms with van der Waals surface area (Å²) in [6, 6.07) is 0.570. The summed E-state index contributed by atoms with van der Waals surface area (Å²) in [7, 11) is 0. The second kappa shape index (κ2) is 4.52. The van der Waals surface area contributed by atoms with E-state index in [1.807, 2.05) is 0 Å². The van der Waals surface area contributed by atoms with Gasteiger partial charge in [0.05, 0.1) is 11.2 Å². The van der Waals surface area contributed by atoms with E-state index in [0.717, 1.165) is 18.9 Å². The predicted molar refractivity (Wildman–Crippen MR) is 71.0 cm³/mol. The van der Waals surface area contributed by atoms with Crippen molar-refractivity contribution in [1.29, 1.82) is 0 Å². The van der Waals surface area contributed by atoms with E-state index in [-0.39, 0.29) is 11.2 Å². The fraction of sp³-hybridized carbons (Fsp3) is 1.00. The average Bonchev–Trinajstić information content (AvgIpc) is 2.68. The number of nitrogens with zero attached hydrogens (tertiary/aromatic N) is 1. The molecule has 2 atom stereocenters. The van der Waals surface area contributed by atoms with Crippen LogP contribution >= 0.6 is 0 Å². The van der Waals surface area contributed by atoms with Crippen molar-refractivity contribution in [3.8, 4) is 0 Å². The summed E-state index contributed by atoms with van der Waals surface area (Å²) < 4.78 is 6.19. The minimum atomic E-state index is -0.0128. The molecule has 0 aromatic carbocycles. The van der Waals surface area contributed by atoms with E-state index < -0.39 is 0 Å². The van der Waals surface area contributed by atoms with Gasteiger partial charge in [-0.25, -0.2) is 0 Å². The van der Waals surface area contributed by atoms with Gasteiger partial charge in [0, 0.05) is 12.6 Å². The summed E-state index contributed by atoms with van der Waals surface area (Å²) in [5, 5.41) is 0.